The monoisotopic (exact) mass is 345 g/mol. The third kappa shape index (κ3) is 3.59. The Morgan fingerprint density at radius 2 is 2.12 bits per heavy atom. The quantitative estimate of drug-likeness (QED) is 0.786. The normalized spacial score (nSPS) is 17.3. The van der Waals surface area contributed by atoms with Gasteiger partial charge in [-0.05, 0) is 19.8 Å². The molecule has 1 aliphatic rings. The van der Waals surface area contributed by atoms with Gasteiger partial charge in [-0.1, -0.05) is 0 Å². The van der Waals surface area contributed by atoms with Crippen molar-refractivity contribution in [2.45, 2.75) is 25.7 Å². The van der Waals surface area contributed by atoms with Crippen molar-refractivity contribution in [3.05, 3.63) is 46.2 Å². The molecule has 1 aliphatic heterocycles. The van der Waals surface area contributed by atoms with Gasteiger partial charge >= 0.3 is 5.97 Å². The Balaban J connectivity index is 1.78. The number of aromatic amines is 2. The number of hydrogen-bond donors (Lipinski definition) is 2. The summed E-state index contributed by atoms with van der Waals surface area (Å²) in [6.45, 7) is 2.89. The average Bonchev–Trinajstić information content (AvgIpc) is 3.11. The Morgan fingerprint density at radius 1 is 1.32 bits per heavy atom. The summed E-state index contributed by atoms with van der Waals surface area (Å²) in [7, 11) is 0. The van der Waals surface area contributed by atoms with Gasteiger partial charge in [0.2, 0.25) is 0 Å². The second kappa shape index (κ2) is 7.29. The number of likely N-dealkylation sites (tertiary alicyclic amines) is 1. The Bertz CT molecular complexity index is 828. The van der Waals surface area contributed by atoms with E-state index < -0.39 is 5.97 Å². The molecule has 0 aliphatic carbocycles. The number of H-pyrrole nitrogens is 2. The van der Waals surface area contributed by atoms with Crippen molar-refractivity contribution in [3.63, 3.8) is 0 Å². The van der Waals surface area contributed by atoms with Gasteiger partial charge in [-0.3, -0.25) is 9.59 Å². The van der Waals surface area contributed by atoms with E-state index in [0.29, 0.717) is 18.8 Å². The number of nitrogens with one attached hydrogen (secondary N) is 2. The molecule has 1 fully saturated rings. The number of hydrogen-bond acceptors (Lipinski definition) is 6. The predicted molar refractivity (Wildman–Crippen MR) is 87.3 cm³/mol. The van der Waals surface area contributed by atoms with Crippen LogP contribution < -0.4 is 5.56 Å². The van der Waals surface area contributed by atoms with Crippen LogP contribution in [0.1, 0.15) is 52.4 Å². The summed E-state index contributed by atoms with van der Waals surface area (Å²) < 4.78 is 4.94. The minimum Gasteiger partial charge on any atom is -0.461 e. The third-order valence-corrected chi connectivity index (χ3v) is 4.15. The van der Waals surface area contributed by atoms with E-state index in [1.807, 2.05) is 0 Å². The molecule has 9 heteroatoms. The fourth-order valence-electron chi connectivity index (χ4n) is 2.98. The summed E-state index contributed by atoms with van der Waals surface area (Å²) in [4.78, 5) is 51.2. The van der Waals surface area contributed by atoms with E-state index in [4.69, 9.17) is 4.74 Å². The fourth-order valence-corrected chi connectivity index (χ4v) is 2.98. The van der Waals surface area contributed by atoms with E-state index >= 15 is 0 Å². The first-order chi connectivity index (χ1) is 12.1. The number of rotatable bonds is 4. The van der Waals surface area contributed by atoms with Crippen molar-refractivity contribution in [2.75, 3.05) is 19.7 Å². The number of carbonyl (C=O) groups is 2. The lowest BCUT2D eigenvalue weighted by Crippen LogP contribution is -2.40. The number of amides is 1. The molecule has 3 rings (SSSR count). The number of carbonyl (C=O) groups excluding carboxylic acids is 2. The molecular formula is C16H19N5O4. The Kier molecular flexibility index (Phi) is 4.92. The maximum atomic E-state index is 12.8. The zero-order valence-electron chi connectivity index (χ0n) is 13.8. The molecule has 1 atom stereocenters. The highest BCUT2D eigenvalue weighted by Gasteiger charge is 2.30. The lowest BCUT2D eigenvalue weighted by Gasteiger charge is -2.32. The highest BCUT2D eigenvalue weighted by Crippen LogP contribution is 2.25. The van der Waals surface area contributed by atoms with Crippen molar-refractivity contribution in [2.24, 2.45) is 0 Å². The summed E-state index contributed by atoms with van der Waals surface area (Å²) in [6.07, 6.45) is 4.29. The average molecular weight is 345 g/mol. The second-order valence-corrected chi connectivity index (χ2v) is 5.77. The maximum Gasteiger partial charge on any atom is 0.357 e. The number of esters is 1. The zero-order valence-corrected chi connectivity index (χ0v) is 13.8. The van der Waals surface area contributed by atoms with Gasteiger partial charge in [0.05, 0.1) is 25.0 Å². The van der Waals surface area contributed by atoms with Gasteiger partial charge in [0.1, 0.15) is 0 Å². The molecular weight excluding hydrogens is 326 g/mol. The highest BCUT2D eigenvalue weighted by atomic mass is 16.5. The van der Waals surface area contributed by atoms with Crippen LogP contribution in [0.3, 0.4) is 0 Å². The van der Waals surface area contributed by atoms with Crippen molar-refractivity contribution in [1.82, 2.24) is 24.8 Å². The van der Waals surface area contributed by atoms with Gasteiger partial charge < -0.3 is 19.6 Å². The first-order valence-corrected chi connectivity index (χ1v) is 8.14. The lowest BCUT2D eigenvalue weighted by atomic mass is 9.94. The van der Waals surface area contributed by atoms with Gasteiger partial charge in [-0.25, -0.2) is 14.8 Å². The van der Waals surface area contributed by atoms with E-state index in [1.54, 1.807) is 11.8 Å². The van der Waals surface area contributed by atoms with Crippen LogP contribution >= 0.6 is 0 Å². The minimum atomic E-state index is -0.604. The molecule has 2 N–H and O–H groups in total. The molecule has 132 valence electrons. The Hall–Kier alpha value is -2.97. The van der Waals surface area contributed by atoms with E-state index in [0.717, 1.165) is 12.8 Å². The Morgan fingerprint density at radius 3 is 2.88 bits per heavy atom. The molecule has 0 aromatic carbocycles. The van der Waals surface area contributed by atoms with Gasteiger partial charge in [0.15, 0.2) is 11.4 Å². The van der Waals surface area contributed by atoms with Crippen LogP contribution in [0.4, 0.5) is 0 Å². The number of ether oxygens (including phenoxy) is 1. The third-order valence-electron chi connectivity index (χ3n) is 4.15. The van der Waals surface area contributed by atoms with Crippen LogP contribution in [-0.2, 0) is 4.74 Å². The van der Waals surface area contributed by atoms with Gasteiger partial charge in [-0.15, -0.1) is 0 Å². The topological polar surface area (TPSA) is 121 Å². The standard InChI is InChI=1S/C16H19N5O4/c1-2-25-16(24)14-13(19-9-20-14)15(23)21-5-3-4-10(7-21)11-6-12(22)18-8-17-11/h6,8-10H,2-5,7H2,1H3,(H,19,20)(H,17,18,22)/t10-/m0/s1. The highest BCUT2D eigenvalue weighted by molar-refractivity contribution is 6.02. The molecule has 1 amide bonds. The number of nitrogens with zero attached hydrogens (tertiary/aromatic N) is 3. The second-order valence-electron chi connectivity index (χ2n) is 5.77. The predicted octanol–water partition coefficient (Wildman–Crippen LogP) is 0.690. The maximum absolute atomic E-state index is 12.8. The van der Waals surface area contributed by atoms with Gasteiger partial charge in [0, 0.05) is 25.1 Å². The zero-order chi connectivity index (χ0) is 17.8. The summed E-state index contributed by atoms with van der Waals surface area (Å²) in [5.41, 5.74) is 0.556. The van der Waals surface area contributed by atoms with Crippen LogP contribution in [0.25, 0.3) is 0 Å². The molecule has 0 bridgehead atoms. The summed E-state index contributed by atoms with van der Waals surface area (Å²) in [5, 5.41) is 0. The van der Waals surface area contributed by atoms with Crippen LogP contribution in [0.5, 0.6) is 0 Å². The molecule has 3 heterocycles. The molecule has 2 aromatic rings. The summed E-state index contributed by atoms with van der Waals surface area (Å²) in [6, 6.07) is 1.46. The van der Waals surface area contributed by atoms with Crippen molar-refractivity contribution in [3.8, 4) is 0 Å². The SMILES string of the molecule is CCOC(=O)c1[nH]cnc1C(=O)N1CCC[C@H](c2cc(=O)[nH]cn2)C1. The van der Waals surface area contributed by atoms with Crippen LogP contribution in [0.15, 0.2) is 23.5 Å². The van der Waals surface area contributed by atoms with E-state index in [9.17, 15) is 14.4 Å². The smallest absolute Gasteiger partial charge is 0.357 e. The molecule has 2 aromatic heterocycles. The first-order valence-electron chi connectivity index (χ1n) is 8.14. The van der Waals surface area contributed by atoms with Crippen molar-refractivity contribution < 1.29 is 14.3 Å². The Labute approximate surface area is 143 Å². The number of piperidine rings is 1. The van der Waals surface area contributed by atoms with Crippen molar-refractivity contribution in [1.29, 1.82) is 0 Å². The molecule has 0 saturated carbocycles. The molecule has 0 unspecified atom stereocenters. The van der Waals surface area contributed by atoms with Crippen LogP contribution in [-0.4, -0.2) is 56.4 Å². The summed E-state index contributed by atoms with van der Waals surface area (Å²) in [5.74, 6) is -0.961. The molecule has 1 saturated heterocycles. The van der Waals surface area contributed by atoms with E-state index in [-0.39, 0.29) is 35.4 Å². The molecule has 0 radical (unpaired) electrons. The minimum absolute atomic E-state index is 0.0232. The molecule has 9 nitrogen and oxygen atoms in total. The largest absolute Gasteiger partial charge is 0.461 e. The molecule has 25 heavy (non-hydrogen) atoms. The fraction of sp³-hybridized carbons (Fsp3) is 0.438. The lowest BCUT2D eigenvalue weighted by molar-refractivity contribution is 0.0510. The first kappa shape index (κ1) is 16.9. The van der Waals surface area contributed by atoms with Gasteiger partial charge in [0.25, 0.3) is 11.5 Å². The van der Waals surface area contributed by atoms with Gasteiger partial charge in [-0.2, -0.15) is 0 Å². The molecule has 0 spiro atoms. The van der Waals surface area contributed by atoms with Crippen LogP contribution in [0, 0.1) is 0 Å². The summed E-state index contributed by atoms with van der Waals surface area (Å²) >= 11 is 0. The van der Waals surface area contributed by atoms with E-state index in [2.05, 4.69) is 19.9 Å². The van der Waals surface area contributed by atoms with Crippen molar-refractivity contribution >= 4 is 11.9 Å². The van der Waals surface area contributed by atoms with Crippen LogP contribution in [0.2, 0.25) is 0 Å². The number of aromatic nitrogens is 4. The van der Waals surface area contributed by atoms with E-state index in [1.165, 1.54) is 18.7 Å². The number of imidazole rings is 1.